The first-order valence-corrected chi connectivity index (χ1v) is 9.50. The molecule has 0 saturated carbocycles. The molecule has 5 unspecified atom stereocenters. The second-order valence-corrected chi connectivity index (χ2v) is 7.31. The summed E-state index contributed by atoms with van der Waals surface area (Å²) in [5.74, 6) is -1.30. The number of phenolic OH excluding ortho intramolecular Hbond substituents is 3. The van der Waals surface area contributed by atoms with Crippen molar-refractivity contribution in [2.45, 2.75) is 30.7 Å². The van der Waals surface area contributed by atoms with E-state index in [9.17, 15) is 35.4 Å². The molecule has 1 fully saturated rings. The van der Waals surface area contributed by atoms with E-state index in [1.54, 1.807) is 0 Å². The fourth-order valence-corrected chi connectivity index (χ4v) is 3.46. The maximum absolute atomic E-state index is 12.5. The Bertz CT molecular complexity index is 1200. The summed E-state index contributed by atoms with van der Waals surface area (Å²) in [6.07, 6.45) is -7.32. The fourth-order valence-electron chi connectivity index (χ4n) is 3.46. The molecule has 170 valence electrons. The zero-order valence-corrected chi connectivity index (χ0v) is 16.3. The van der Waals surface area contributed by atoms with Crippen LogP contribution in [0, 0.1) is 0 Å². The monoisotopic (exact) mass is 448 g/mol. The van der Waals surface area contributed by atoms with Gasteiger partial charge in [0.05, 0.1) is 6.61 Å². The molecular formula is C21H20O11. The number of ether oxygens (including phenoxy) is 2. The third kappa shape index (κ3) is 3.83. The normalized spacial score (nSPS) is 24.0. The van der Waals surface area contributed by atoms with E-state index < -0.39 is 54.2 Å². The molecule has 1 aliphatic rings. The summed E-state index contributed by atoms with van der Waals surface area (Å²) < 4.78 is 16.4. The molecule has 1 saturated heterocycles. The highest BCUT2D eigenvalue weighted by Crippen LogP contribution is 2.35. The van der Waals surface area contributed by atoms with Gasteiger partial charge in [-0.15, -0.1) is 0 Å². The Hall–Kier alpha value is -3.35. The molecule has 0 bridgehead atoms. The van der Waals surface area contributed by atoms with Crippen LogP contribution in [0.5, 0.6) is 23.0 Å². The van der Waals surface area contributed by atoms with E-state index in [0.29, 0.717) is 0 Å². The van der Waals surface area contributed by atoms with E-state index in [1.165, 1.54) is 24.3 Å². The molecule has 0 radical (unpaired) electrons. The zero-order chi connectivity index (χ0) is 23.2. The molecule has 2 aromatic carbocycles. The predicted molar refractivity (Wildman–Crippen MR) is 107 cm³/mol. The maximum atomic E-state index is 12.5. The van der Waals surface area contributed by atoms with Gasteiger partial charge in [0.25, 0.3) is 0 Å². The number of phenols is 3. The van der Waals surface area contributed by atoms with Gasteiger partial charge < -0.3 is 49.6 Å². The molecular weight excluding hydrogens is 428 g/mol. The summed E-state index contributed by atoms with van der Waals surface area (Å²) >= 11 is 0. The van der Waals surface area contributed by atoms with Crippen molar-refractivity contribution in [2.75, 3.05) is 6.61 Å². The summed E-state index contributed by atoms with van der Waals surface area (Å²) in [4.78, 5) is 12.5. The van der Waals surface area contributed by atoms with Crippen molar-refractivity contribution < 1.29 is 49.6 Å². The molecule has 11 heteroatoms. The van der Waals surface area contributed by atoms with Crippen LogP contribution in [0.3, 0.4) is 0 Å². The van der Waals surface area contributed by atoms with Crippen LogP contribution in [0.4, 0.5) is 0 Å². The highest BCUT2D eigenvalue weighted by Gasteiger charge is 2.47. The molecule has 7 N–H and O–H groups in total. The van der Waals surface area contributed by atoms with Crippen molar-refractivity contribution in [1.29, 1.82) is 0 Å². The molecule has 2 heterocycles. The lowest BCUT2D eigenvalue weighted by Crippen LogP contribution is -2.40. The van der Waals surface area contributed by atoms with Crippen LogP contribution in [-0.4, -0.2) is 73.1 Å². The van der Waals surface area contributed by atoms with Gasteiger partial charge in [-0.05, 0) is 18.2 Å². The average molecular weight is 448 g/mol. The molecule has 4 rings (SSSR count). The van der Waals surface area contributed by atoms with Crippen LogP contribution in [0.15, 0.2) is 45.6 Å². The first-order valence-electron chi connectivity index (χ1n) is 9.50. The summed E-state index contributed by atoms with van der Waals surface area (Å²) in [7, 11) is 0. The summed E-state index contributed by atoms with van der Waals surface area (Å²) in [6, 6.07) is 7.26. The van der Waals surface area contributed by atoms with E-state index in [1.807, 2.05) is 0 Å². The van der Waals surface area contributed by atoms with Crippen molar-refractivity contribution in [3.63, 3.8) is 0 Å². The summed E-state index contributed by atoms with van der Waals surface area (Å²) in [6.45, 7) is -0.710. The second kappa shape index (κ2) is 8.30. The number of fused-ring (bicyclic) bond motifs is 1. The Morgan fingerprint density at radius 1 is 0.969 bits per heavy atom. The first kappa shape index (κ1) is 21.9. The lowest BCUT2D eigenvalue weighted by atomic mass is 10.1. The third-order valence-electron chi connectivity index (χ3n) is 5.12. The quantitative estimate of drug-likeness (QED) is 0.255. The van der Waals surface area contributed by atoms with E-state index in [2.05, 4.69) is 0 Å². The Morgan fingerprint density at radius 2 is 1.72 bits per heavy atom. The topological polar surface area (TPSA) is 190 Å². The van der Waals surface area contributed by atoms with Crippen molar-refractivity contribution in [1.82, 2.24) is 0 Å². The number of hydrogen-bond acceptors (Lipinski definition) is 11. The molecule has 32 heavy (non-hydrogen) atoms. The van der Waals surface area contributed by atoms with E-state index in [-0.39, 0.29) is 33.8 Å². The minimum Gasteiger partial charge on any atom is -0.507 e. The molecule has 0 spiro atoms. The molecule has 1 aromatic heterocycles. The molecule has 5 atom stereocenters. The van der Waals surface area contributed by atoms with Crippen molar-refractivity contribution in [2.24, 2.45) is 0 Å². The number of benzene rings is 2. The minimum atomic E-state index is -1.57. The van der Waals surface area contributed by atoms with Gasteiger partial charge in [0.2, 0.25) is 6.29 Å². The Balaban J connectivity index is 1.69. The van der Waals surface area contributed by atoms with Crippen LogP contribution in [0.2, 0.25) is 0 Å². The van der Waals surface area contributed by atoms with Crippen molar-refractivity contribution in [3.8, 4) is 34.3 Å². The minimum absolute atomic E-state index is 0.0352. The first-order chi connectivity index (χ1) is 15.2. The highest BCUT2D eigenvalue weighted by molar-refractivity contribution is 5.86. The average Bonchev–Trinajstić information content (AvgIpc) is 3.03. The lowest BCUT2D eigenvalue weighted by Gasteiger charge is -2.19. The number of aromatic hydroxyl groups is 3. The molecule has 0 amide bonds. The smallest absolute Gasteiger partial charge is 0.229 e. The number of aliphatic hydroxyl groups excluding tert-OH is 4. The molecule has 0 aliphatic carbocycles. The SMILES string of the molecule is O=c1cc(-c2ccc(O)c(O)c2)oc2cc(OC3OC(C(O)CO)C(O)C3O)cc(O)c12. The zero-order valence-electron chi connectivity index (χ0n) is 16.3. The third-order valence-corrected chi connectivity index (χ3v) is 5.12. The van der Waals surface area contributed by atoms with Crippen molar-refractivity contribution in [3.05, 3.63) is 46.6 Å². The van der Waals surface area contributed by atoms with Crippen LogP contribution < -0.4 is 10.2 Å². The van der Waals surface area contributed by atoms with Gasteiger partial charge in [0.1, 0.15) is 52.6 Å². The lowest BCUT2D eigenvalue weighted by molar-refractivity contribution is -0.137. The van der Waals surface area contributed by atoms with Gasteiger partial charge in [-0.1, -0.05) is 0 Å². The van der Waals surface area contributed by atoms with Gasteiger partial charge in [-0.25, -0.2) is 0 Å². The van der Waals surface area contributed by atoms with E-state index in [4.69, 9.17) is 19.0 Å². The van der Waals surface area contributed by atoms with Crippen LogP contribution in [-0.2, 0) is 4.74 Å². The van der Waals surface area contributed by atoms with Crippen LogP contribution in [0.1, 0.15) is 0 Å². The van der Waals surface area contributed by atoms with Gasteiger partial charge in [-0.2, -0.15) is 0 Å². The van der Waals surface area contributed by atoms with Crippen molar-refractivity contribution >= 4 is 11.0 Å². The van der Waals surface area contributed by atoms with Gasteiger partial charge in [0, 0.05) is 23.8 Å². The second-order valence-electron chi connectivity index (χ2n) is 7.31. The Labute approximate surface area is 179 Å². The predicted octanol–water partition coefficient (Wildman–Crippen LogP) is -0.245. The molecule has 1 aliphatic heterocycles. The summed E-state index contributed by atoms with van der Waals surface area (Å²) in [5, 5.41) is 68.2. The Morgan fingerprint density at radius 3 is 2.41 bits per heavy atom. The van der Waals surface area contributed by atoms with Crippen LogP contribution in [0.25, 0.3) is 22.3 Å². The van der Waals surface area contributed by atoms with E-state index >= 15 is 0 Å². The van der Waals surface area contributed by atoms with Gasteiger partial charge >= 0.3 is 0 Å². The fraction of sp³-hybridized carbons (Fsp3) is 0.286. The maximum Gasteiger partial charge on any atom is 0.229 e. The largest absolute Gasteiger partial charge is 0.507 e. The summed E-state index contributed by atoms with van der Waals surface area (Å²) in [5.41, 5.74) is -0.393. The van der Waals surface area contributed by atoms with Crippen LogP contribution >= 0.6 is 0 Å². The Kier molecular flexibility index (Phi) is 5.67. The van der Waals surface area contributed by atoms with E-state index in [0.717, 1.165) is 12.1 Å². The van der Waals surface area contributed by atoms with Gasteiger partial charge in [-0.3, -0.25) is 4.79 Å². The van der Waals surface area contributed by atoms with Gasteiger partial charge in [0.15, 0.2) is 16.9 Å². The number of aliphatic hydroxyl groups is 4. The molecule has 11 nitrogen and oxygen atoms in total. The molecule has 3 aromatic rings. The number of rotatable bonds is 5. The highest BCUT2D eigenvalue weighted by atomic mass is 16.7. The number of hydrogen-bond donors (Lipinski definition) is 7. The standard InChI is InChI=1S/C21H20O11/c22-7-14(27)20-18(28)19(29)21(32-20)30-9-4-12(25)17-13(26)6-15(31-16(17)5-9)8-1-2-10(23)11(24)3-8/h1-6,14,18-25,27-29H,7H2.